The van der Waals surface area contributed by atoms with Crippen molar-refractivity contribution in [3.05, 3.63) is 113 Å². The fourth-order valence-electron chi connectivity index (χ4n) is 4.91. The summed E-state index contributed by atoms with van der Waals surface area (Å²) in [4.78, 5) is 0. The molecule has 0 spiro atoms. The lowest BCUT2D eigenvalue weighted by atomic mass is 9.92. The summed E-state index contributed by atoms with van der Waals surface area (Å²) in [6.07, 6.45) is 8.59. The number of benzene rings is 3. The maximum absolute atomic E-state index is 2.44. The molecule has 3 aromatic carbocycles. The molecule has 1 unspecified atom stereocenters. The molecule has 5 rings (SSSR count). The third-order valence-corrected chi connectivity index (χ3v) is 9.55. The van der Waals surface area contributed by atoms with E-state index < -0.39 is 8.80 Å². The van der Waals surface area contributed by atoms with Crippen molar-refractivity contribution in [2.24, 2.45) is 0 Å². The molecular formula is C26H24Si. The molecule has 0 saturated heterocycles. The van der Waals surface area contributed by atoms with Crippen LogP contribution < -0.4 is 10.4 Å². The quantitative estimate of drug-likeness (QED) is 0.580. The van der Waals surface area contributed by atoms with Gasteiger partial charge in [-0.25, -0.2) is 0 Å². The van der Waals surface area contributed by atoms with Crippen molar-refractivity contribution in [1.82, 2.24) is 0 Å². The summed E-state index contributed by atoms with van der Waals surface area (Å²) in [5.74, 6) is 0.487. The molecule has 132 valence electrons. The summed E-state index contributed by atoms with van der Waals surface area (Å²) in [6, 6.07) is 31.4. The van der Waals surface area contributed by atoms with Gasteiger partial charge < -0.3 is 0 Å². The molecule has 0 amide bonds. The SMILES string of the molecule is C1=CC(C2=C([SiH](c3ccccc3)c3ccccc3)CCC2)c2ccccc21. The molecule has 0 bridgehead atoms. The van der Waals surface area contributed by atoms with Crippen LogP contribution in [0.1, 0.15) is 36.3 Å². The van der Waals surface area contributed by atoms with Crippen LogP contribution in [0.25, 0.3) is 6.08 Å². The smallest absolute Gasteiger partial charge is 0.0742 e. The minimum atomic E-state index is -1.39. The Bertz CT molecular complexity index is 959. The Balaban J connectivity index is 1.65. The van der Waals surface area contributed by atoms with Crippen LogP contribution in [0.2, 0.25) is 0 Å². The highest BCUT2D eigenvalue weighted by molar-refractivity contribution is 6.91. The number of hydrogen-bond donors (Lipinski definition) is 0. The molecule has 0 aliphatic heterocycles. The summed E-state index contributed by atoms with van der Waals surface area (Å²) in [5, 5.41) is 4.88. The standard InChI is InChI=1S/C26H24Si/c1-3-11-21(12-4-1)27(22-13-5-2-6-14-22)26-17-9-16-25(26)24-19-18-20-10-7-8-15-23(20)24/h1-8,10-15,18-19,24,27H,9,16-17H2. The predicted octanol–water partition coefficient (Wildman–Crippen LogP) is 4.86. The minimum absolute atomic E-state index is 0.487. The van der Waals surface area contributed by atoms with E-state index in [1.54, 1.807) is 21.1 Å². The fraction of sp³-hybridized carbons (Fsp3) is 0.154. The third-order valence-electron chi connectivity index (χ3n) is 6.09. The lowest BCUT2D eigenvalue weighted by Crippen LogP contribution is -2.44. The van der Waals surface area contributed by atoms with Gasteiger partial charge in [-0.15, -0.1) is 0 Å². The van der Waals surface area contributed by atoms with Gasteiger partial charge in [0.05, 0.1) is 0 Å². The average Bonchev–Trinajstić information content (AvgIpc) is 3.37. The van der Waals surface area contributed by atoms with Crippen LogP contribution in [0.4, 0.5) is 0 Å². The van der Waals surface area contributed by atoms with Crippen LogP contribution in [-0.2, 0) is 0 Å². The number of rotatable bonds is 4. The highest BCUT2D eigenvalue weighted by Gasteiger charge is 2.31. The van der Waals surface area contributed by atoms with Crippen molar-refractivity contribution < 1.29 is 0 Å². The van der Waals surface area contributed by atoms with Crippen LogP contribution in [0, 0.1) is 0 Å². The molecule has 0 saturated carbocycles. The maximum atomic E-state index is 2.44. The van der Waals surface area contributed by atoms with Gasteiger partial charge in [-0.05, 0) is 30.4 Å². The largest absolute Gasteiger partial charge is 0.128 e. The normalized spacial score (nSPS) is 18.3. The van der Waals surface area contributed by atoms with Crippen molar-refractivity contribution in [1.29, 1.82) is 0 Å². The molecule has 0 nitrogen and oxygen atoms in total. The Morgan fingerprint density at radius 1 is 0.667 bits per heavy atom. The minimum Gasteiger partial charge on any atom is -0.0742 e. The van der Waals surface area contributed by atoms with Gasteiger partial charge in [0.1, 0.15) is 8.80 Å². The maximum Gasteiger partial charge on any atom is 0.128 e. The van der Waals surface area contributed by atoms with E-state index in [9.17, 15) is 0 Å². The lowest BCUT2D eigenvalue weighted by Gasteiger charge is -2.23. The molecule has 0 heterocycles. The van der Waals surface area contributed by atoms with Crippen molar-refractivity contribution in [3.8, 4) is 0 Å². The van der Waals surface area contributed by atoms with Crippen molar-refractivity contribution in [2.45, 2.75) is 25.2 Å². The summed E-state index contributed by atoms with van der Waals surface area (Å²) in [7, 11) is -1.39. The first-order chi connectivity index (χ1) is 13.4. The predicted molar refractivity (Wildman–Crippen MR) is 118 cm³/mol. The monoisotopic (exact) mass is 364 g/mol. The first kappa shape index (κ1) is 16.5. The van der Waals surface area contributed by atoms with Gasteiger partial charge in [0.2, 0.25) is 0 Å². The summed E-state index contributed by atoms with van der Waals surface area (Å²) < 4.78 is 0. The van der Waals surface area contributed by atoms with Gasteiger partial charge in [-0.1, -0.05) is 118 Å². The van der Waals surface area contributed by atoms with Gasteiger partial charge in [0.25, 0.3) is 0 Å². The Morgan fingerprint density at radius 3 is 2.00 bits per heavy atom. The van der Waals surface area contributed by atoms with Gasteiger partial charge in [0.15, 0.2) is 0 Å². The highest BCUT2D eigenvalue weighted by atomic mass is 28.3. The van der Waals surface area contributed by atoms with E-state index in [2.05, 4.69) is 97.1 Å². The first-order valence-corrected chi connectivity index (χ1v) is 11.7. The second-order valence-corrected chi connectivity index (χ2v) is 10.5. The second-order valence-electron chi connectivity index (χ2n) is 7.62. The van der Waals surface area contributed by atoms with E-state index in [4.69, 9.17) is 0 Å². The molecule has 0 aromatic heterocycles. The van der Waals surface area contributed by atoms with E-state index in [1.165, 1.54) is 30.4 Å². The van der Waals surface area contributed by atoms with Crippen molar-refractivity contribution in [3.63, 3.8) is 0 Å². The van der Waals surface area contributed by atoms with Gasteiger partial charge in [0, 0.05) is 5.92 Å². The third kappa shape index (κ3) is 3.02. The van der Waals surface area contributed by atoms with E-state index in [0.29, 0.717) is 5.92 Å². The van der Waals surface area contributed by atoms with Crippen LogP contribution in [0.3, 0.4) is 0 Å². The Labute approximate surface area is 163 Å². The molecule has 1 atom stereocenters. The van der Waals surface area contributed by atoms with E-state index in [-0.39, 0.29) is 0 Å². The van der Waals surface area contributed by atoms with E-state index in [0.717, 1.165) is 0 Å². The average molecular weight is 365 g/mol. The fourth-order valence-corrected chi connectivity index (χ4v) is 8.51. The summed E-state index contributed by atoms with van der Waals surface area (Å²) in [5.41, 5.74) is 4.61. The number of fused-ring (bicyclic) bond motifs is 1. The van der Waals surface area contributed by atoms with Crippen molar-refractivity contribution >= 4 is 25.2 Å². The zero-order chi connectivity index (χ0) is 18.1. The zero-order valence-electron chi connectivity index (χ0n) is 15.5. The molecular weight excluding hydrogens is 340 g/mol. The molecule has 2 aliphatic rings. The van der Waals surface area contributed by atoms with Gasteiger partial charge >= 0.3 is 0 Å². The van der Waals surface area contributed by atoms with Crippen LogP contribution in [0.15, 0.2) is 102 Å². The molecule has 2 aliphatic carbocycles. The van der Waals surface area contributed by atoms with Crippen LogP contribution in [-0.4, -0.2) is 8.80 Å². The molecule has 1 heteroatoms. The molecule has 27 heavy (non-hydrogen) atoms. The molecule has 0 fully saturated rings. The lowest BCUT2D eigenvalue weighted by molar-refractivity contribution is 0.858. The summed E-state index contributed by atoms with van der Waals surface area (Å²) >= 11 is 0. The first-order valence-electron chi connectivity index (χ1n) is 10.0. The summed E-state index contributed by atoms with van der Waals surface area (Å²) in [6.45, 7) is 0. The number of hydrogen-bond acceptors (Lipinski definition) is 0. The number of allylic oxidation sites excluding steroid dienone is 3. The topological polar surface area (TPSA) is 0 Å². The van der Waals surface area contributed by atoms with E-state index >= 15 is 0 Å². The van der Waals surface area contributed by atoms with Gasteiger partial charge in [-0.3, -0.25) is 0 Å². The van der Waals surface area contributed by atoms with Gasteiger partial charge in [-0.2, -0.15) is 0 Å². The Hall–Kier alpha value is -2.64. The second kappa shape index (κ2) is 7.17. The highest BCUT2D eigenvalue weighted by Crippen LogP contribution is 2.43. The van der Waals surface area contributed by atoms with Crippen molar-refractivity contribution in [2.75, 3.05) is 0 Å². The molecule has 0 radical (unpaired) electrons. The Kier molecular flexibility index (Phi) is 4.39. The Morgan fingerprint density at radius 2 is 1.30 bits per heavy atom. The zero-order valence-corrected chi connectivity index (χ0v) is 16.7. The van der Waals surface area contributed by atoms with Crippen LogP contribution >= 0.6 is 0 Å². The molecule has 0 N–H and O–H groups in total. The van der Waals surface area contributed by atoms with E-state index in [1.807, 2.05) is 0 Å². The van der Waals surface area contributed by atoms with Crippen LogP contribution in [0.5, 0.6) is 0 Å². The molecule has 3 aromatic rings.